The fraction of sp³-hybridized carbons (Fsp3) is 0.538. The fourth-order valence-electron chi connectivity index (χ4n) is 1.78. The number of rotatable bonds is 6. The lowest BCUT2D eigenvalue weighted by atomic mass is 10.1. The van der Waals surface area contributed by atoms with E-state index >= 15 is 0 Å². The highest BCUT2D eigenvalue weighted by atomic mass is 16.5. The van der Waals surface area contributed by atoms with Gasteiger partial charge in [0.15, 0.2) is 0 Å². The molecule has 1 aromatic carbocycles. The number of anilines is 1. The quantitative estimate of drug-likeness (QED) is 0.821. The Bertz CT molecular complexity index is 367. The Morgan fingerprint density at radius 1 is 1.18 bits per heavy atom. The number of hydrogen-bond donors (Lipinski definition) is 1. The van der Waals surface area contributed by atoms with E-state index in [1.54, 1.807) is 14.2 Å². The topological polar surface area (TPSA) is 47.7 Å². The minimum absolute atomic E-state index is 0.690. The SMILES string of the molecule is COc1cc(N(C)CCCN)c(OC)cc1C. The smallest absolute Gasteiger partial charge is 0.142 e. The van der Waals surface area contributed by atoms with Crippen LogP contribution in [0.3, 0.4) is 0 Å². The average molecular weight is 238 g/mol. The van der Waals surface area contributed by atoms with E-state index in [0.29, 0.717) is 6.54 Å². The molecule has 0 radical (unpaired) electrons. The molecular weight excluding hydrogens is 216 g/mol. The second-order valence-electron chi connectivity index (χ2n) is 4.06. The Morgan fingerprint density at radius 2 is 1.82 bits per heavy atom. The largest absolute Gasteiger partial charge is 0.496 e. The van der Waals surface area contributed by atoms with E-state index in [2.05, 4.69) is 4.90 Å². The Labute approximate surface area is 103 Å². The van der Waals surface area contributed by atoms with Gasteiger partial charge in [-0.05, 0) is 31.5 Å². The van der Waals surface area contributed by atoms with Crippen molar-refractivity contribution < 1.29 is 9.47 Å². The van der Waals surface area contributed by atoms with E-state index in [1.165, 1.54) is 0 Å². The highest BCUT2D eigenvalue weighted by Gasteiger charge is 2.11. The lowest BCUT2D eigenvalue weighted by Gasteiger charge is -2.23. The summed E-state index contributed by atoms with van der Waals surface area (Å²) in [5.41, 5.74) is 7.62. The monoisotopic (exact) mass is 238 g/mol. The number of aryl methyl sites for hydroxylation is 1. The molecule has 4 heteroatoms. The van der Waals surface area contributed by atoms with E-state index in [9.17, 15) is 0 Å². The van der Waals surface area contributed by atoms with Crippen molar-refractivity contribution in [1.82, 2.24) is 0 Å². The zero-order valence-corrected chi connectivity index (χ0v) is 11.1. The van der Waals surface area contributed by atoms with Gasteiger partial charge in [-0.25, -0.2) is 0 Å². The first-order valence-electron chi connectivity index (χ1n) is 5.77. The highest BCUT2D eigenvalue weighted by molar-refractivity contribution is 5.63. The first-order valence-corrected chi connectivity index (χ1v) is 5.77. The van der Waals surface area contributed by atoms with Crippen molar-refractivity contribution in [1.29, 1.82) is 0 Å². The van der Waals surface area contributed by atoms with Crippen LogP contribution in [0.5, 0.6) is 11.5 Å². The van der Waals surface area contributed by atoms with E-state index in [0.717, 1.165) is 35.7 Å². The van der Waals surface area contributed by atoms with Crippen LogP contribution in [0.4, 0.5) is 5.69 Å². The summed E-state index contributed by atoms with van der Waals surface area (Å²) in [5.74, 6) is 1.74. The molecule has 0 heterocycles. The normalized spacial score (nSPS) is 10.2. The number of ether oxygens (including phenoxy) is 2. The first-order chi connectivity index (χ1) is 8.13. The molecule has 0 bridgehead atoms. The Morgan fingerprint density at radius 3 is 2.35 bits per heavy atom. The van der Waals surface area contributed by atoms with Crippen molar-refractivity contribution in [2.45, 2.75) is 13.3 Å². The van der Waals surface area contributed by atoms with Gasteiger partial charge in [-0.1, -0.05) is 0 Å². The van der Waals surface area contributed by atoms with Crippen molar-refractivity contribution in [3.8, 4) is 11.5 Å². The van der Waals surface area contributed by atoms with E-state index in [1.807, 2.05) is 26.1 Å². The third kappa shape index (κ3) is 3.27. The molecule has 0 unspecified atom stereocenters. The molecule has 96 valence electrons. The van der Waals surface area contributed by atoms with Gasteiger partial charge in [0, 0.05) is 19.7 Å². The number of nitrogens with zero attached hydrogens (tertiary/aromatic N) is 1. The van der Waals surface area contributed by atoms with Gasteiger partial charge in [0.05, 0.1) is 19.9 Å². The molecule has 17 heavy (non-hydrogen) atoms. The lowest BCUT2D eigenvalue weighted by Crippen LogP contribution is -2.21. The molecule has 0 atom stereocenters. The molecule has 1 rings (SSSR count). The van der Waals surface area contributed by atoms with E-state index in [-0.39, 0.29) is 0 Å². The van der Waals surface area contributed by atoms with Crippen molar-refractivity contribution in [2.24, 2.45) is 5.73 Å². The standard InChI is InChI=1S/C13H22N2O2/c1-10-8-13(17-4)11(9-12(10)16-3)15(2)7-5-6-14/h8-9H,5-7,14H2,1-4H3. The predicted octanol–water partition coefficient (Wildman–Crippen LogP) is 1.80. The summed E-state index contributed by atoms with van der Waals surface area (Å²) in [4.78, 5) is 2.13. The number of methoxy groups -OCH3 is 2. The first kappa shape index (κ1) is 13.6. The van der Waals surface area contributed by atoms with Crippen LogP contribution < -0.4 is 20.1 Å². The van der Waals surface area contributed by atoms with Crippen molar-refractivity contribution in [2.75, 3.05) is 39.3 Å². The Kier molecular flexibility index (Phi) is 5.10. The van der Waals surface area contributed by atoms with Crippen LogP contribution >= 0.6 is 0 Å². The van der Waals surface area contributed by atoms with Crippen LogP contribution in [0.2, 0.25) is 0 Å². The minimum atomic E-state index is 0.690. The molecule has 0 aliphatic heterocycles. The molecule has 0 spiro atoms. The molecular formula is C13H22N2O2. The molecule has 0 aromatic heterocycles. The van der Waals surface area contributed by atoms with Gasteiger partial charge >= 0.3 is 0 Å². The second-order valence-corrected chi connectivity index (χ2v) is 4.06. The van der Waals surface area contributed by atoms with Gasteiger partial charge in [-0.3, -0.25) is 0 Å². The summed E-state index contributed by atoms with van der Waals surface area (Å²) < 4.78 is 10.7. The molecule has 0 fully saturated rings. The summed E-state index contributed by atoms with van der Waals surface area (Å²) in [7, 11) is 5.39. The Hall–Kier alpha value is -1.42. The molecule has 2 N–H and O–H groups in total. The molecule has 0 saturated heterocycles. The summed E-state index contributed by atoms with van der Waals surface area (Å²) in [6.07, 6.45) is 0.954. The average Bonchev–Trinajstić information content (AvgIpc) is 2.35. The van der Waals surface area contributed by atoms with E-state index < -0.39 is 0 Å². The maximum Gasteiger partial charge on any atom is 0.142 e. The Balaban J connectivity index is 3.02. The summed E-state index contributed by atoms with van der Waals surface area (Å²) in [6.45, 7) is 3.60. The second kappa shape index (κ2) is 6.35. The number of hydrogen-bond acceptors (Lipinski definition) is 4. The summed E-state index contributed by atoms with van der Waals surface area (Å²) in [6, 6.07) is 4.00. The minimum Gasteiger partial charge on any atom is -0.496 e. The molecule has 0 aliphatic carbocycles. The van der Waals surface area contributed by atoms with E-state index in [4.69, 9.17) is 15.2 Å². The van der Waals surface area contributed by atoms with Crippen molar-refractivity contribution in [3.05, 3.63) is 17.7 Å². The molecule has 0 saturated carbocycles. The molecule has 0 aliphatic rings. The van der Waals surface area contributed by atoms with Crippen LogP contribution in [0.1, 0.15) is 12.0 Å². The number of benzene rings is 1. The maximum absolute atomic E-state index is 5.52. The van der Waals surface area contributed by atoms with Gasteiger partial charge in [-0.15, -0.1) is 0 Å². The van der Waals surface area contributed by atoms with Crippen molar-refractivity contribution in [3.63, 3.8) is 0 Å². The van der Waals surface area contributed by atoms with Gasteiger partial charge < -0.3 is 20.1 Å². The van der Waals surface area contributed by atoms with Gasteiger partial charge in [0.2, 0.25) is 0 Å². The summed E-state index contributed by atoms with van der Waals surface area (Å²) >= 11 is 0. The van der Waals surface area contributed by atoms with Crippen LogP contribution in [0.25, 0.3) is 0 Å². The fourth-order valence-corrected chi connectivity index (χ4v) is 1.78. The van der Waals surface area contributed by atoms with Crippen LogP contribution in [-0.4, -0.2) is 34.4 Å². The zero-order chi connectivity index (χ0) is 12.8. The highest BCUT2D eigenvalue weighted by Crippen LogP contribution is 2.34. The molecule has 4 nitrogen and oxygen atoms in total. The van der Waals surface area contributed by atoms with Crippen LogP contribution in [0.15, 0.2) is 12.1 Å². The van der Waals surface area contributed by atoms with Gasteiger partial charge in [0.1, 0.15) is 11.5 Å². The predicted molar refractivity (Wildman–Crippen MR) is 71.2 cm³/mol. The molecule has 1 aromatic rings. The summed E-state index contributed by atoms with van der Waals surface area (Å²) in [5, 5.41) is 0. The maximum atomic E-state index is 5.52. The van der Waals surface area contributed by atoms with Crippen LogP contribution in [0, 0.1) is 6.92 Å². The lowest BCUT2D eigenvalue weighted by molar-refractivity contribution is 0.400. The van der Waals surface area contributed by atoms with Crippen molar-refractivity contribution >= 4 is 5.69 Å². The third-order valence-corrected chi connectivity index (χ3v) is 2.81. The van der Waals surface area contributed by atoms with Gasteiger partial charge in [0.25, 0.3) is 0 Å². The number of nitrogens with two attached hydrogens (primary N) is 1. The van der Waals surface area contributed by atoms with Gasteiger partial charge in [-0.2, -0.15) is 0 Å². The zero-order valence-electron chi connectivity index (χ0n) is 11.1. The molecule has 0 amide bonds. The van der Waals surface area contributed by atoms with Crippen LogP contribution in [-0.2, 0) is 0 Å². The third-order valence-electron chi connectivity index (χ3n) is 2.81.